The van der Waals surface area contributed by atoms with Gasteiger partial charge in [-0.3, -0.25) is 9.59 Å². The smallest absolute Gasteiger partial charge is 0.273 e. The maximum Gasteiger partial charge on any atom is 0.273 e. The van der Waals surface area contributed by atoms with Crippen molar-refractivity contribution in [3.05, 3.63) is 48.0 Å². The van der Waals surface area contributed by atoms with Crippen molar-refractivity contribution in [2.24, 2.45) is 7.05 Å². The summed E-state index contributed by atoms with van der Waals surface area (Å²) in [5, 5.41) is 2.86. The van der Waals surface area contributed by atoms with Crippen LogP contribution in [0.15, 0.2) is 36.8 Å². The number of carbonyl (C=O) groups is 2. The number of amides is 2. The van der Waals surface area contributed by atoms with Crippen molar-refractivity contribution in [1.29, 1.82) is 0 Å². The highest BCUT2D eigenvalue weighted by Gasteiger charge is 2.31. The van der Waals surface area contributed by atoms with Crippen LogP contribution in [0.3, 0.4) is 0 Å². The molecule has 1 aliphatic rings. The van der Waals surface area contributed by atoms with E-state index in [2.05, 4.69) is 10.3 Å². The molecule has 6 heteroatoms. The summed E-state index contributed by atoms with van der Waals surface area (Å²) in [7, 11) is 1.76. The van der Waals surface area contributed by atoms with Gasteiger partial charge in [0, 0.05) is 19.3 Å². The number of benzene rings is 1. The zero-order chi connectivity index (χ0) is 15.0. The third-order valence-corrected chi connectivity index (χ3v) is 3.76. The highest BCUT2D eigenvalue weighted by atomic mass is 16.2. The van der Waals surface area contributed by atoms with Gasteiger partial charge in [0.2, 0.25) is 5.91 Å². The molecule has 0 saturated heterocycles. The van der Waals surface area contributed by atoms with E-state index >= 15 is 0 Å². The summed E-state index contributed by atoms with van der Waals surface area (Å²) < 4.78 is 1.66. The third kappa shape index (κ3) is 2.29. The normalized spacial score (nSPS) is 17.9. The van der Waals surface area contributed by atoms with Gasteiger partial charge in [-0.25, -0.2) is 4.98 Å². The maximum atomic E-state index is 12.7. The first-order valence-corrected chi connectivity index (χ1v) is 6.74. The van der Waals surface area contributed by atoms with Crippen LogP contribution < -0.4 is 5.32 Å². The SMILES string of the molecule is CC1C(=O)Nc2ccccc2CN1C(=O)c1cncn1C. The molecule has 2 aromatic rings. The first kappa shape index (κ1) is 13.4. The Morgan fingerprint density at radius 3 is 2.86 bits per heavy atom. The fourth-order valence-electron chi connectivity index (χ4n) is 2.44. The summed E-state index contributed by atoms with van der Waals surface area (Å²) in [6.07, 6.45) is 3.09. The minimum absolute atomic E-state index is 0.185. The Hall–Kier alpha value is -2.63. The Bertz CT molecular complexity index is 707. The molecule has 2 amide bonds. The highest BCUT2D eigenvalue weighted by molar-refractivity contribution is 6.01. The number of rotatable bonds is 1. The molecule has 0 fully saturated rings. The molecule has 0 aliphatic carbocycles. The molecular formula is C15H16N4O2. The van der Waals surface area contributed by atoms with E-state index in [-0.39, 0.29) is 11.8 Å². The standard InChI is InChI=1S/C15H16N4O2/c1-10-14(20)17-12-6-4-3-5-11(12)8-19(10)15(21)13-7-16-9-18(13)2/h3-7,9-10H,8H2,1-2H3,(H,17,20). The largest absolute Gasteiger partial charge is 0.330 e. The van der Waals surface area contributed by atoms with E-state index in [4.69, 9.17) is 0 Å². The molecule has 0 bridgehead atoms. The van der Waals surface area contributed by atoms with Crippen LogP contribution in [-0.2, 0) is 18.4 Å². The van der Waals surface area contributed by atoms with Gasteiger partial charge in [0.05, 0.1) is 12.5 Å². The molecule has 0 spiro atoms. The van der Waals surface area contributed by atoms with Crippen LogP contribution in [-0.4, -0.2) is 32.3 Å². The first-order valence-electron chi connectivity index (χ1n) is 6.74. The second kappa shape index (κ2) is 5.05. The topological polar surface area (TPSA) is 67.2 Å². The number of aromatic nitrogens is 2. The van der Waals surface area contributed by atoms with E-state index in [9.17, 15) is 9.59 Å². The number of carbonyl (C=O) groups excluding carboxylic acids is 2. The fourth-order valence-corrected chi connectivity index (χ4v) is 2.44. The zero-order valence-corrected chi connectivity index (χ0v) is 11.9. The average Bonchev–Trinajstić information content (AvgIpc) is 2.85. The summed E-state index contributed by atoms with van der Waals surface area (Å²) in [6, 6.07) is 6.98. The lowest BCUT2D eigenvalue weighted by atomic mass is 10.1. The van der Waals surface area contributed by atoms with Gasteiger partial charge < -0.3 is 14.8 Å². The monoisotopic (exact) mass is 284 g/mol. The van der Waals surface area contributed by atoms with E-state index in [1.807, 2.05) is 24.3 Å². The minimum Gasteiger partial charge on any atom is -0.330 e. The summed E-state index contributed by atoms with van der Waals surface area (Å²) in [6.45, 7) is 2.12. The first-order chi connectivity index (χ1) is 10.1. The quantitative estimate of drug-likeness (QED) is 0.860. The van der Waals surface area contributed by atoms with Crippen LogP contribution in [0.4, 0.5) is 5.69 Å². The van der Waals surface area contributed by atoms with Crippen LogP contribution in [0, 0.1) is 0 Å². The summed E-state index contributed by atoms with van der Waals surface area (Å²) in [5.74, 6) is -0.384. The van der Waals surface area contributed by atoms with Gasteiger partial charge in [-0.05, 0) is 18.6 Å². The van der Waals surface area contributed by atoms with Gasteiger partial charge in [-0.1, -0.05) is 18.2 Å². The third-order valence-electron chi connectivity index (χ3n) is 3.76. The number of anilines is 1. The Morgan fingerprint density at radius 1 is 1.38 bits per heavy atom. The van der Waals surface area contributed by atoms with Gasteiger partial charge in [0.15, 0.2) is 0 Å². The molecule has 1 atom stereocenters. The van der Waals surface area contributed by atoms with E-state index in [0.717, 1.165) is 11.3 Å². The highest BCUT2D eigenvalue weighted by Crippen LogP contribution is 2.24. The molecule has 21 heavy (non-hydrogen) atoms. The zero-order valence-electron chi connectivity index (χ0n) is 11.9. The van der Waals surface area contributed by atoms with Crippen molar-refractivity contribution in [1.82, 2.24) is 14.5 Å². The van der Waals surface area contributed by atoms with Gasteiger partial charge >= 0.3 is 0 Å². The lowest BCUT2D eigenvalue weighted by molar-refractivity contribution is -0.120. The number of hydrogen-bond acceptors (Lipinski definition) is 3. The lowest BCUT2D eigenvalue weighted by Crippen LogP contribution is -2.43. The molecule has 1 aliphatic heterocycles. The number of nitrogens with zero attached hydrogens (tertiary/aromatic N) is 3. The van der Waals surface area contributed by atoms with Gasteiger partial charge in [0.1, 0.15) is 11.7 Å². The van der Waals surface area contributed by atoms with E-state index in [0.29, 0.717) is 12.2 Å². The molecule has 2 heterocycles. The summed E-state index contributed by atoms with van der Waals surface area (Å²) in [4.78, 5) is 30.4. The molecule has 3 rings (SSSR count). The van der Waals surface area contributed by atoms with E-state index < -0.39 is 6.04 Å². The van der Waals surface area contributed by atoms with Crippen LogP contribution in [0.5, 0.6) is 0 Å². The maximum absolute atomic E-state index is 12.7. The van der Waals surface area contributed by atoms with Gasteiger partial charge in [0.25, 0.3) is 5.91 Å². The number of imidazole rings is 1. The fraction of sp³-hybridized carbons (Fsp3) is 0.267. The Morgan fingerprint density at radius 2 is 2.14 bits per heavy atom. The lowest BCUT2D eigenvalue weighted by Gasteiger charge is -2.25. The molecule has 6 nitrogen and oxygen atoms in total. The van der Waals surface area contributed by atoms with Crippen molar-refractivity contribution in [3.8, 4) is 0 Å². The predicted octanol–water partition coefficient (Wildman–Crippen LogP) is 1.40. The van der Waals surface area contributed by atoms with Gasteiger partial charge in [-0.15, -0.1) is 0 Å². The molecule has 0 radical (unpaired) electrons. The number of fused-ring (bicyclic) bond motifs is 1. The second-order valence-corrected chi connectivity index (χ2v) is 5.15. The molecule has 108 valence electrons. The van der Waals surface area contributed by atoms with Crippen molar-refractivity contribution < 1.29 is 9.59 Å². The Labute approximate surface area is 122 Å². The number of nitrogens with one attached hydrogen (secondary N) is 1. The van der Waals surface area contributed by atoms with Crippen molar-refractivity contribution in [2.75, 3.05) is 5.32 Å². The Kier molecular flexibility index (Phi) is 3.21. The second-order valence-electron chi connectivity index (χ2n) is 5.15. The van der Waals surface area contributed by atoms with Crippen LogP contribution in [0.2, 0.25) is 0 Å². The average molecular weight is 284 g/mol. The molecule has 0 saturated carbocycles. The Balaban J connectivity index is 2.00. The number of para-hydroxylation sites is 1. The van der Waals surface area contributed by atoms with Crippen molar-refractivity contribution in [2.45, 2.75) is 19.5 Å². The number of hydrogen-bond donors (Lipinski definition) is 1. The van der Waals surface area contributed by atoms with Crippen LogP contribution in [0.25, 0.3) is 0 Å². The molecular weight excluding hydrogens is 268 g/mol. The van der Waals surface area contributed by atoms with Crippen LogP contribution >= 0.6 is 0 Å². The minimum atomic E-state index is -0.542. The summed E-state index contributed by atoms with van der Waals surface area (Å²) >= 11 is 0. The molecule has 1 N–H and O–H groups in total. The van der Waals surface area contributed by atoms with Crippen LogP contribution in [0.1, 0.15) is 23.0 Å². The molecule has 1 aromatic heterocycles. The molecule has 1 unspecified atom stereocenters. The predicted molar refractivity (Wildman–Crippen MR) is 77.6 cm³/mol. The van der Waals surface area contributed by atoms with E-state index in [1.54, 1.807) is 29.8 Å². The van der Waals surface area contributed by atoms with Crippen molar-refractivity contribution in [3.63, 3.8) is 0 Å². The van der Waals surface area contributed by atoms with Gasteiger partial charge in [-0.2, -0.15) is 0 Å². The number of aryl methyl sites for hydroxylation is 1. The molecule has 1 aromatic carbocycles. The van der Waals surface area contributed by atoms with Crippen molar-refractivity contribution >= 4 is 17.5 Å². The van der Waals surface area contributed by atoms with E-state index in [1.165, 1.54) is 6.20 Å². The summed E-state index contributed by atoms with van der Waals surface area (Å²) in [5.41, 5.74) is 2.15.